The van der Waals surface area contributed by atoms with Crippen molar-refractivity contribution in [2.75, 3.05) is 13.7 Å². The molecule has 0 aromatic heterocycles. The first-order valence-electron chi connectivity index (χ1n) is 6.40. The lowest BCUT2D eigenvalue weighted by molar-refractivity contribution is -0.173. The first-order valence-corrected chi connectivity index (χ1v) is 6.40. The maximum Gasteiger partial charge on any atom is 0.337 e. The Hall–Kier alpha value is -1.92. The fourth-order valence-corrected chi connectivity index (χ4v) is 2.46. The average Bonchev–Trinajstić information content (AvgIpc) is 2.84. The van der Waals surface area contributed by atoms with Gasteiger partial charge in [-0.3, -0.25) is 4.79 Å². The van der Waals surface area contributed by atoms with Gasteiger partial charge in [0, 0.05) is 6.54 Å². The monoisotopic (exact) mass is 277 g/mol. The lowest BCUT2D eigenvalue weighted by Crippen LogP contribution is -2.48. The van der Waals surface area contributed by atoms with Crippen LogP contribution in [0.15, 0.2) is 30.3 Å². The van der Waals surface area contributed by atoms with E-state index in [9.17, 15) is 9.59 Å². The Morgan fingerprint density at radius 3 is 2.80 bits per heavy atom. The van der Waals surface area contributed by atoms with E-state index in [1.807, 2.05) is 30.3 Å². The lowest BCUT2D eigenvalue weighted by Gasteiger charge is -2.30. The van der Waals surface area contributed by atoms with E-state index < -0.39 is 24.5 Å². The molecule has 1 aromatic rings. The maximum absolute atomic E-state index is 12.2. The Balaban J connectivity index is 1.73. The number of carbonyl (C=O) groups excluding carboxylic acids is 2. The quantitative estimate of drug-likeness (QED) is 0.744. The van der Waals surface area contributed by atoms with Gasteiger partial charge in [0.05, 0.1) is 13.7 Å². The largest absolute Gasteiger partial charge is 0.467 e. The Morgan fingerprint density at radius 2 is 2.10 bits per heavy atom. The Labute approximate surface area is 116 Å². The minimum atomic E-state index is -0.999. The molecule has 0 spiro atoms. The van der Waals surface area contributed by atoms with E-state index in [2.05, 4.69) is 4.74 Å². The number of fused-ring (bicyclic) bond motifs is 2. The van der Waals surface area contributed by atoms with Crippen molar-refractivity contribution in [2.45, 2.75) is 25.0 Å². The summed E-state index contributed by atoms with van der Waals surface area (Å²) in [4.78, 5) is 25.4. The molecule has 2 bridgehead atoms. The summed E-state index contributed by atoms with van der Waals surface area (Å²) in [6.45, 7) is 0.803. The molecule has 6 heteroatoms. The van der Waals surface area contributed by atoms with Gasteiger partial charge in [-0.2, -0.15) is 0 Å². The first-order chi connectivity index (χ1) is 9.69. The summed E-state index contributed by atoms with van der Waals surface area (Å²) in [7, 11) is 1.29. The van der Waals surface area contributed by atoms with Crippen LogP contribution in [0.3, 0.4) is 0 Å². The third kappa shape index (κ3) is 2.28. The highest BCUT2D eigenvalue weighted by Gasteiger charge is 2.50. The third-order valence-corrected chi connectivity index (χ3v) is 3.47. The molecule has 1 amide bonds. The Kier molecular flexibility index (Phi) is 3.42. The van der Waals surface area contributed by atoms with E-state index in [1.54, 1.807) is 4.90 Å². The molecule has 0 unspecified atom stereocenters. The average molecular weight is 277 g/mol. The molecule has 1 aromatic carbocycles. The van der Waals surface area contributed by atoms with Gasteiger partial charge in [0.25, 0.3) is 5.91 Å². The maximum atomic E-state index is 12.2. The van der Waals surface area contributed by atoms with Crippen molar-refractivity contribution in [1.82, 2.24) is 4.90 Å². The van der Waals surface area contributed by atoms with Crippen LogP contribution in [0.25, 0.3) is 0 Å². The van der Waals surface area contributed by atoms with Crippen molar-refractivity contribution in [2.24, 2.45) is 0 Å². The Bertz CT molecular complexity index is 518. The smallest absolute Gasteiger partial charge is 0.337 e. The predicted molar refractivity (Wildman–Crippen MR) is 67.4 cm³/mol. The standard InChI is InChI=1S/C14H15NO5/c1-18-13(17)11-10-8-15(12(16)14(19-10)20-11)7-9-5-3-2-4-6-9/h2-6,10-11,14H,7-8H2,1H3/t10-,11-,14+/m0/s1. The van der Waals surface area contributed by atoms with Gasteiger partial charge in [-0.1, -0.05) is 30.3 Å². The molecule has 2 heterocycles. The summed E-state index contributed by atoms with van der Waals surface area (Å²) in [5.41, 5.74) is 1.02. The number of hydrogen-bond acceptors (Lipinski definition) is 5. The molecule has 2 aliphatic heterocycles. The summed E-state index contributed by atoms with van der Waals surface area (Å²) >= 11 is 0. The number of benzene rings is 1. The van der Waals surface area contributed by atoms with Gasteiger partial charge in [0.2, 0.25) is 6.29 Å². The molecule has 2 fully saturated rings. The number of morpholine rings is 1. The SMILES string of the molecule is COC(=O)[C@H]1O[C@H]2O[C@H]1CN(Cc1ccccc1)C2=O. The van der Waals surface area contributed by atoms with Gasteiger partial charge in [-0.25, -0.2) is 4.79 Å². The fraction of sp³-hybridized carbons (Fsp3) is 0.429. The van der Waals surface area contributed by atoms with Crippen LogP contribution >= 0.6 is 0 Å². The van der Waals surface area contributed by atoms with E-state index in [0.29, 0.717) is 13.1 Å². The molecular formula is C14H15NO5. The number of ether oxygens (including phenoxy) is 3. The molecule has 0 aliphatic carbocycles. The van der Waals surface area contributed by atoms with Crippen LogP contribution in [0.4, 0.5) is 0 Å². The minimum absolute atomic E-state index is 0.253. The van der Waals surface area contributed by atoms with Crippen molar-refractivity contribution < 1.29 is 23.8 Å². The number of esters is 1. The minimum Gasteiger partial charge on any atom is -0.467 e. The van der Waals surface area contributed by atoms with Crippen LogP contribution in [0, 0.1) is 0 Å². The van der Waals surface area contributed by atoms with E-state index in [0.717, 1.165) is 5.56 Å². The van der Waals surface area contributed by atoms with Gasteiger partial charge >= 0.3 is 5.97 Å². The first kappa shape index (κ1) is 13.1. The number of nitrogens with zero attached hydrogens (tertiary/aromatic N) is 1. The summed E-state index contributed by atoms with van der Waals surface area (Å²) in [6.07, 6.45) is -2.29. The molecule has 0 saturated carbocycles. The van der Waals surface area contributed by atoms with Crippen molar-refractivity contribution in [3.05, 3.63) is 35.9 Å². The summed E-state index contributed by atoms with van der Waals surface area (Å²) in [6, 6.07) is 9.66. The number of amides is 1. The van der Waals surface area contributed by atoms with E-state index in [-0.39, 0.29) is 5.91 Å². The molecule has 0 radical (unpaired) electrons. The second-order valence-electron chi connectivity index (χ2n) is 4.79. The van der Waals surface area contributed by atoms with Crippen LogP contribution in [0.5, 0.6) is 0 Å². The number of rotatable bonds is 3. The summed E-state index contributed by atoms with van der Waals surface area (Å²) in [5.74, 6) is -0.761. The number of methoxy groups -OCH3 is 1. The van der Waals surface area contributed by atoms with Gasteiger partial charge in [0.15, 0.2) is 6.10 Å². The van der Waals surface area contributed by atoms with Gasteiger partial charge in [-0.05, 0) is 5.56 Å². The number of carbonyl (C=O) groups is 2. The van der Waals surface area contributed by atoms with Gasteiger partial charge < -0.3 is 19.1 Å². The molecule has 3 atom stereocenters. The second-order valence-corrected chi connectivity index (χ2v) is 4.79. The van der Waals surface area contributed by atoms with Crippen LogP contribution in [0.2, 0.25) is 0 Å². The summed E-state index contributed by atoms with van der Waals surface area (Å²) in [5, 5.41) is 0. The molecule has 6 nitrogen and oxygen atoms in total. The van der Waals surface area contributed by atoms with Gasteiger partial charge in [0.1, 0.15) is 6.10 Å². The lowest BCUT2D eigenvalue weighted by atomic mass is 10.1. The third-order valence-electron chi connectivity index (χ3n) is 3.47. The van der Waals surface area contributed by atoms with E-state index in [4.69, 9.17) is 9.47 Å². The zero-order valence-corrected chi connectivity index (χ0v) is 11.0. The summed E-state index contributed by atoms with van der Waals surface area (Å²) < 4.78 is 15.4. The molecule has 2 saturated heterocycles. The molecule has 20 heavy (non-hydrogen) atoms. The van der Waals surface area contributed by atoms with Crippen molar-refractivity contribution in [1.29, 1.82) is 0 Å². The second kappa shape index (κ2) is 5.22. The predicted octanol–water partition coefficient (Wildman–Crippen LogP) is 0.312. The topological polar surface area (TPSA) is 65.1 Å². The van der Waals surface area contributed by atoms with Crippen LogP contribution in [-0.4, -0.2) is 48.9 Å². The van der Waals surface area contributed by atoms with Crippen LogP contribution < -0.4 is 0 Å². The normalized spacial score (nSPS) is 28.6. The van der Waals surface area contributed by atoms with Crippen LogP contribution in [-0.2, 0) is 30.3 Å². The highest BCUT2D eigenvalue weighted by Crippen LogP contribution is 2.28. The zero-order chi connectivity index (χ0) is 14.1. The van der Waals surface area contributed by atoms with Gasteiger partial charge in [-0.15, -0.1) is 0 Å². The van der Waals surface area contributed by atoms with Crippen molar-refractivity contribution >= 4 is 11.9 Å². The van der Waals surface area contributed by atoms with Crippen molar-refractivity contribution in [3.63, 3.8) is 0 Å². The highest BCUT2D eigenvalue weighted by atomic mass is 16.8. The van der Waals surface area contributed by atoms with Crippen LogP contribution in [0.1, 0.15) is 5.56 Å². The number of hydrogen-bond donors (Lipinski definition) is 0. The molecule has 0 N–H and O–H groups in total. The fourth-order valence-electron chi connectivity index (χ4n) is 2.46. The highest BCUT2D eigenvalue weighted by molar-refractivity contribution is 5.83. The van der Waals surface area contributed by atoms with E-state index in [1.165, 1.54) is 7.11 Å². The van der Waals surface area contributed by atoms with Crippen molar-refractivity contribution in [3.8, 4) is 0 Å². The van der Waals surface area contributed by atoms with E-state index >= 15 is 0 Å². The Morgan fingerprint density at radius 1 is 1.35 bits per heavy atom. The molecular weight excluding hydrogens is 262 g/mol. The molecule has 106 valence electrons. The molecule has 2 aliphatic rings. The molecule has 3 rings (SSSR count). The zero-order valence-electron chi connectivity index (χ0n) is 11.0.